The van der Waals surface area contributed by atoms with E-state index in [1.54, 1.807) is 15.6 Å². The van der Waals surface area contributed by atoms with Crippen LogP contribution in [0.1, 0.15) is 19.4 Å². The van der Waals surface area contributed by atoms with E-state index in [-0.39, 0.29) is 25.0 Å². The second-order valence-electron chi connectivity index (χ2n) is 5.90. The van der Waals surface area contributed by atoms with Crippen molar-refractivity contribution in [3.05, 3.63) is 48.2 Å². The first-order chi connectivity index (χ1) is 11.4. The molecule has 0 unspecified atom stereocenters. The molecule has 2 amide bonds. The Kier molecular flexibility index (Phi) is 6.08. The van der Waals surface area contributed by atoms with E-state index >= 15 is 0 Å². The number of benzene rings is 1. The third kappa shape index (κ3) is 5.51. The van der Waals surface area contributed by atoms with Gasteiger partial charge in [0.05, 0.1) is 19.6 Å². The fourth-order valence-corrected chi connectivity index (χ4v) is 2.27. The minimum absolute atomic E-state index is 0.0406. The van der Waals surface area contributed by atoms with Crippen molar-refractivity contribution < 1.29 is 9.59 Å². The molecule has 0 saturated carbocycles. The highest BCUT2D eigenvalue weighted by molar-refractivity contribution is 5.91. The molecule has 0 saturated heterocycles. The molecule has 0 atom stereocenters. The van der Waals surface area contributed by atoms with Gasteiger partial charge in [0.2, 0.25) is 11.8 Å². The van der Waals surface area contributed by atoms with Crippen LogP contribution in [-0.4, -0.2) is 45.6 Å². The average Bonchev–Trinajstić information content (AvgIpc) is 2.94. The molecule has 0 spiro atoms. The van der Waals surface area contributed by atoms with Gasteiger partial charge in [0.15, 0.2) is 5.82 Å². The molecule has 7 heteroatoms. The third-order valence-corrected chi connectivity index (χ3v) is 3.53. The Morgan fingerprint density at radius 2 is 1.92 bits per heavy atom. The van der Waals surface area contributed by atoms with Gasteiger partial charge in [-0.2, -0.15) is 5.10 Å². The van der Waals surface area contributed by atoms with E-state index in [4.69, 9.17) is 5.73 Å². The zero-order chi connectivity index (χ0) is 17.5. The number of rotatable bonds is 8. The summed E-state index contributed by atoms with van der Waals surface area (Å²) in [6.45, 7) is 4.59. The predicted molar refractivity (Wildman–Crippen MR) is 92.3 cm³/mol. The van der Waals surface area contributed by atoms with Gasteiger partial charge in [0.25, 0.3) is 0 Å². The number of hydrogen-bond donors (Lipinski definition) is 2. The van der Waals surface area contributed by atoms with Crippen molar-refractivity contribution in [3.63, 3.8) is 0 Å². The number of hydrogen-bond acceptors (Lipinski definition) is 4. The number of carbonyl (C=O) groups is 2. The largest absolute Gasteiger partial charge is 0.369 e. The van der Waals surface area contributed by atoms with Gasteiger partial charge < -0.3 is 11.1 Å². The highest BCUT2D eigenvalue weighted by atomic mass is 16.2. The molecule has 2 aromatic rings. The van der Waals surface area contributed by atoms with Crippen LogP contribution in [0.2, 0.25) is 0 Å². The monoisotopic (exact) mass is 329 g/mol. The van der Waals surface area contributed by atoms with Crippen LogP contribution < -0.4 is 11.1 Å². The summed E-state index contributed by atoms with van der Waals surface area (Å²) >= 11 is 0. The molecule has 0 fully saturated rings. The summed E-state index contributed by atoms with van der Waals surface area (Å²) < 4.78 is 1.76. The third-order valence-electron chi connectivity index (χ3n) is 3.53. The van der Waals surface area contributed by atoms with Crippen molar-refractivity contribution in [1.29, 1.82) is 0 Å². The molecule has 0 aliphatic carbocycles. The summed E-state index contributed by atoms with van der Waals surface area (Å²) in [4.78, 5) is 24.9. The van der Waals surface area contributed by atoms with Gasteiger partial charge >= 0.3 is 0 Å². The molecule has 1 aromatic heterocycles. The first-order valence-electron chi connectivity index (χ1n) is 7.83. The van der Waals surface area contributed by atoms with Gasteiger partial charge in [-0.15, -0.1) is 0 Å². The van der Waals surface area contributed by atoms with Gasteiger partial charge in [0.1, 0.15) is 0 Å². The van der Waals surface area contributed by atoms with Crippen LogP contribution in [0.15, 0.2) is 42.6 Å². The van der Waals surface area contributed by atoms with Crippen molar-refractivity contribution in [2.24, 2.45) is 5.73 Å². The number of carbonyl (C=O) groups excluding carboxylic acids is 2. The standard InChI is InChI=1S/C17H23N5O2/c1-13(2)21(11-15(18)23)12-17(24)19-16-8-9-22(20-16)10-14-6-4-3-5-7-14/h3-9,13H,10-12H2,1-2H3,(H2,18,23)(H,19,20,24). The lowest BCUT2D eigenvalue weighted by Crippen LogP contribution is -2.43. The highest BCUT2D eigenvalue weighted by Crippen LogP contribution is 2.07. The number of amides is 2. The van der Waals surface area contributed by atoms with E-state index in [0.29, 0.717) is 12.4 Å². The zero-order valence-corrected chi connectivity index (χ0v) is 14.0. The van der Waals surface area contributed by atoms with Crippen LogP contribution >= 0.6 is 0 Å². The first-order valence-corrected chi connectivity index (χ1v) is 7.83. The van der Waals surface area contributed by atoms with E-state index in [0.717, 1.165) is 5.56 Å². The normalized spacial score (nSPS) is 11.0. The molecule has 24 heavy (non-hydrogen) atoms. The quantitative estimate of drug-likeness (QED) is 0.757. The van der Waals surface area contributed by atoms with Crippen molar-refractivity contribution in [2.75, 3.05) is 18.4 Å². The summed E-state index contributed by atoms with van der Waals surface area (Å²) in [5, 5.41) is 7.08. The molecule has 1 heterocycles. The van der Waals surface area contributed by atoms with Gasteiger partial charge in [-0.05, 0) is 19.4 Å². The highest BCUT2D eigenvalue weighted by Gasteiger charge is 2.16. The molecule has 0 aliphatic heterocycles. The van der Waals surface area contributed by atoms with Crippen LogP contribution in [-0.2, 0) is 16.1 Å². The molecule has 0 radical (unpaired) electrons. The fourth-order valence-electron chi connectivity index (χ4n) is 2.27. The zero-order valence-electron chi connectivity index (χ0n) is 14.0. The minimum atomic E-state index is -0.455. The van der Waals surface area contributed by atoms with Crippen molar-refractivity contribution in [2.45, 2.75) is 26.4 Å². The lowest BCUT2D eigenvalue weighted by Gasteiger charge is -2.23. The van der Waals surface area contributed by atoms with Crippen LogP contribution in [0.4, 0.5) is 5.82 Å². The topological polar surface area (TPSA) is 93.2 Å². The van der Waals surface area contributed by atoms with Crippen molar-refractivity contribution in [3.8, 4) is 0 Å². The van der Waals surface area contributed by atoms with Crippen LogP contribution in [0.5, 0.6) is 0 Å². The minimum Gasteiger partial charge on any atom is -0.369 e. The number of anilines is 1. The summed E-state index contributed by atoms with van der Waals surface area (Å²) in [5.41, 5.74) is 6.34. The van der Waals surface area contributed by atoms with E-state index in [9.17, 15) is 9.59 Å². The molecule has 0 aliphatic rings. The Morgan fingerprint density at radius 1 is 1.21 bits per heavy atom. The van der Waals surface area contributed by atoms with Crippen molar-refractivity contribution in [1.82, 2.24) is 14.7 Å². The number of aromatic nitrogens is 2. The summed E-state index contributed by atoms with van der Waals surface area (Å²) in [7, 11) is 0. The van der Waals surface area contributed by atoms with E-state index in [2.05, 4.69) is 10.4 Å². The average molecular weight is 329 g/mol. The van der Waals surface area contributed by atoms with Gasteiger partial charge in [-0.1, -0.05) is 30.3 Å². The first kappa shape index (κ1) is 17.7. The molecule has 2 rings (SSSR count). The lowest BCUT2D eigenvalue weighted by molar-refractivity contribution is -0.121. The summed E-state index contributed by atoms with van der Waals surface area (Å²) in [5.74, 6) is -0.197. The Bertz CT molecular complexity index is 681. The molecular weight excluding hydrogens is 306 g/mol. The van der Waals surface area contributed by atoms with E-state index in [1.807, 2.05) is 50.4 Å². The van der Waals surface area contributed by atoms with Crippen LogP contribution in [0.3, 0.4) is 0 Å². The summed E-state index contributed by atoms with van der Waals surface area (Å²) in [6, 6.07) is 11.7. The maximum atomic E-state index is 12.1. The molecule has 0 bridgehead atoms. The van der Waals surface area contributed by atoms with Gasteiger partial charge in [-0.25, -0.2) is 0 Å². The Labute approximate surface area is 141 Å². The number of nitrogens with zero attached hydrogens (tertiary/aromatic N) is 3. The number of primary amides is 1. The molecule has 7 nitrogen and oxygen atoms in total. The fraction of sp³-hybridized carbons (Fsp3) is 0.353. The van der Waals surface area contributed by atoms with E-state index < -0.39 is 5.91 Å². The Hall–Kier alpha value is -2.67. The SMILES string of the molecule is CC(C)N(CC(N)=O)CC(=O)Nc1ccn(Cc2ccccc2)n1. The Morgan fingerprint density at radius 3 is 2.54 bits per heavy atom. The molecule has 1 aromatic carbocycles. The lowest BCUT2D eigenvalue weighted by atomic mass is 10.2. The number of nitrogens with two attached hydrogens (primary N) is 1. The number of nitrogens with one attached hydrogen (secondary N) is 1. The molecular formula is C17H23N5O2. The second kappa shape index (κ2) is 8.26. The van der Waals surface area contributed by atoms with Crippen LogP contribution in [0, 0.1) is 0 Å². The summed E-state index contributed by atoms with van der Waals surface area (Å²) in [6.07, 6.45) is 1.81. The van der Waals surface area contributed by atoms with Crippen LogP contribution in [0.25, 0.3) is 0 Å². The maximum absolute atomic E-state index is 12.1. The maximum Gasteiger partial charge on any atom is 0.239 e. The molecule has 3 N–H and O–H groups in total. The predicted octanol–water partition coefficient (Wildman–Crippen LogP) is 1.07. The van der Waals surface area contributed by atoms with E-state index in [1.165, 1.54) is 0 Å². The van der Waals surface area contributed by atoms with Crippen molar-refractivity contribution >= 4 is 17.6 Å². The Balaban J connectivity index is 1.91. The smallest absolute Gasteiger partial charge is 0.239 e. The second-order valence-corrected chi connectivity index (χ2v) is 5.90. The van der Waals surface area contributed by atoms with Gasteiger partial charge in [0, 0.05) is 18.3 Å². The molecule has 128 valence electrons. The van der Waals surface area contributed by atoms with Gasteiger partial charge in [-0.3, -0.25) is 19.2 Å².